The lowest BCUT2D eigenvalue weighted by atomic mass is 10.0. The van der Waals surface area contributed by atoms with Crippen LogP contribution in [0.15, 0.2) is 23.0 Å². The van der Waals surface area contributed by atoms with Gasteiger partial charge in [0.2, 0.25) is 5.95 Å². The molecule has 0 aromatic carbocycles. The number of aldehydes is 1. The van der Waals surface area contributed by atoms with Crippen LogP contribution in [-0.2, 0) is 14.3 Å². The molecule has 3 aliphatic rings. The highest BCUT2D eigenvalue weighted by molar-refractivity contribution is 5.76. The van der Waals surface area contributed by atoms with Crippen LogP contribution in [0.25, 0.3) is 11.2 Å². The zero-order chi connectivity index (χ0) is 19.6. The van der Waals surface area contributed by atoms with Gasteiger partial charge in [0.15, 0.2) is 29.9 Å². The molecular weight excluding hydrogens is 374 g/mol. The zero-order valence-corrected chi connectivity index (χ0v) is 14.4. The second-order valence-electron chi connectivity index (χ2n) is 6.92. The van der Waals surface area contributed by atoms with Crippen molar-refractivity contribution in [2.45, 2.75) is 43.2 Å². The quantitative estimate of drug-likeness (QED) is 0.431. The molecule has 4 N–H and O–H groups in total. The van der Waals surface area contributed by atoms with Crippen LogP contribution in [0, 0.1) is 0 Å². The predicted molar refractivity (Wildman–Crippen MR) is 91.1 cm³/mol. The van der Waals surface area contributed by atoms with Crippen molar-refractivity contribution < 1.29 is 29.6 Å². The molecule has 12 nitrogen and oxygen atoms in total. The van der Waals surface area contributed by atoms with Gasteiger partial charge in [-0.3, -0.25) is 18.7 Å². The third kappa shape index (κ3) is 2.26. The highest BCUT2D eigenvalue weighted by Gasteiger charge is 2.44. The van der Waals surface area contributed by atoms with Crippen LogP contribution in [0.4, 0.5) is 5.95 Å². The third-order valence-electron chi connectivity index (χ3n) is 5.35. The summed E-state index contributed by atoms with van der Waals surface area (Å²) < 4.78 is 13.6. The van der Waals surface area contributed by atoms with Crippen LogP contribution >= 0.6 is 0 Å². The summed E-state index contributed by atoms with van der Waals surface area (Å²) in [4.78, 5) is 32.9. The van der Waals surface area contributed by atoms with E-state index in [-0.39, 0.29) is 17.1 Å². The first-order valence-electron chi connectivity index (χ1n) is 8.72. The van der Waals surface area contributed by atoms with Crippen LogP contribution in [0.2, 0.25) is 0 Å². The smallest absolute Gasteiger partial charge is 0.283 e. The number of imidazole rings is 1. The van der Waals surface area contributed by atoms with Crippen LogP contribution in [-0.4, -0.2) is 71.9 Å². The van der Waals surface area contributed by atoms with Gasteiger partial charge < -0.3 is 30.1 Å². The maximum Gasteiger partial charge on any atom is 0.283 e. The Morgan fingerprint density at radius 3 is 2.89 bits per heavy atom. The number of nitrogens with one attached hydrogen (secondary N) is 1. The summed E-state index contributed by atoms with van der Waals surface area (Å²) in [5.41, 5.74) is 0.0231. The van der Waals surface area contributed by atoms with Gasteiger partial charge in [-0.05, 0) is 0 Å². The second-order valence-corrected chi connectivity index (χ2v) is 6.92. The molecule has 6 atom stereocenters. The molecule has 0 saturated carbocycles. The summed E-state index contributed by atoms with van der Waals surface area (Å²) in [6, 6.07) is -0.518. The number of carbonyl (C=O) groups is 1. The molecule has 1 fully saturated rings. The second kappa shape index (κ2) is 6.10. The minimum absolute atomic E-state index is 0.0264. The minimum atomic E-state index is -1.34. The summed E-state index contributed by atoms with van der Waals surface area (Å²) in [5.74, 6) is 0.194. The summed E-state index contributed by atoms with van der Waals surface area (Å²) in [7, 11) is 0. The predicted octanol–water partition coefficient (Wildman–Crippen LogP) is -2.00. The lowest BCUT2D eigenvalue weighted by molar-refractivity contribution is -0.105. The molecule has 148 valence electrons. The van der Waals surface area contributed by atoms with Crippen molar-refractivity contribution in [2.75, 3.05) is 11.9 Å². The van der Waals surface area contributed by atoms with E-state index in [1.165, 1.54) is 21.7 Å². The van der Waals surface area contributed by atoms with Crippen LogP contribution in [0.3, 0.4) is 0 Å². The number of ether oxygens (including phenoxy) is 2. The van der Waals surface area contributed by atoms with E-state index in [1.54, 1.807) is 0 Å². The van der Waals surface area contributed by atoms with E-state index >= 15 is 0 Å². The number of nitrogens with zero attached hydrogens (tertiary/aromatic N) is 4. The Balaban J connectivity index is 1.65. The molecule has 28 heavy (non-hydrogen) atoms. The highest BCUT2D eigenvalue weighted by atomic mass is 16.6. The van der Waals surface area contributed by atoms with Crippen molar-refractivity contribution in [3.8, 4) is 0 Å². The molecule has 0 spiro atoms. The number of aliphatic hydroxyl groups excluding tert-OH is 3. The molecule has 0 amide bonds. The Morgan fingerprint density at radius 1 is 1.36 bits per heavy atom. The van der Waals surface area contributed by atoms with Crippen LogP contribution in [0.1, 0.15) is 18.7 Å². The average Bonchev–Trinajstić information content (AvgIpc) is 3.23. The monoisotopic (exact) mass is 391 g/mol. The first kappa shape index (κ1) is 17.3. The van der Waals surface area contributed by atoms with Crippen molar-refractivity contribution in [3.63, 3.8) is 0 Å². The maximum atomic E-state index is 13.1. The normalized spacial score (nSPS) is 33.8. The lowest BCUT2D eigenvalue weighted by Crippen LogP contribution is -2.43. The zero-order valence-electron chi connectivity index (χ0n) is 14.4. The molecule has 2 bridgehead atoms. The Bertz CT molecular complexity index is 1050. The Labute approximate surface area is 156 Å². The number of aliphatic hydroxyl groups is 3. The van der Waals surface area contributed by atoms with E-state index in [0.717, 1.165) is 0 Å². The van der Waals surface area contributed by atoms with Gasteiger partial charge >= 0.3 is 0 Å². The Hall–Kier alpha value is -2.80. The van der Waals surface area contributed by atoms with Gasteiger partial charge in [-0.1, -0.05) is 0 Å². The average molecular weight is 391 g/mol. The molecule has 2 aromatic rings. The Kier molecular flexibility index (Phi) is 3.77. The number of hydrogen-bond donors (Lipinski definition) is 4. The summed E-state index contributed by atoms with van der Waals surface area (Å²) in [6.07, 6.45) is -1.47. The molecule has 5 rings (SSSR count). The van der Waals surface area contributed by atoms with Gasteiger partial charge in [0.1, 0.15) is 18.3 Å². The van der Waals surface area contributed by atoms with E-state index < -0.39 is 49.0 Å². The minimum Gasteiger partial charge on any atom is -0.478 e. The number of anilines is 1. The third-order valence-corrected chi connectivity index (χ3v) is 5.35. The van der Waals surface area contributed by atoms with Gasteiger partial charge in [-0.25, -0.2) is 4.98 Å². The molecule has 1 saturated heterocycles. The summed E-state index contributed by atoms with van der Waals surface area (Å²) >= 11 is 0. The van der Waals surface area contributed by atoms with Gasteiger partial charge in [0.25, 0.3) is 5.56 Å². The van der Waals surface area contributed by atoms with Crippen LogP contribution in [0.5, 0.6) is 0 Å². The highest BCUT2D eigenvalue weighted by Crippen LogP contribution is 2.35. The fourth-order valence-corrected chi connectivity index (χ4v) is 3.90. The fraction of sp³-hybridized carbons (Fsp3) is 0.500. The van der Waals surface area contributed by atoms with Gasteiger partial charge in [0.05, 0.1) is 25.2 Å². The van der Waals surface area contributed by atoms with Crippen molar-refractivity contribution in [2.24, 2.45) is 0 Å². The number of fused-ring (bicyclic) bond motifs is 5. The number of rotatable bonds is 3. The van der Waals surface area contributed by atoms with E-state index in [9.17, 15) is 24.9 Å². The first-order valence-corrected chi connectivity index (χ1v) is 8.72. The van der Waals surface area contributed by atoms with Gasteiger partial charge in [-0.2, -0.15) is 4.98 Å². The summed E-state index contributed by atoms with van der Waals surface area (Å²) in [6.45, 7) is -0.476. The standard InChI is InChI=1S/C16H17N5O7/c22-2-6-4-27-9-1-7(6)21-14(26)10-13(19-16(21)18-9)20(5-17-10)15-12(25)11(24)8(3-23)28-15/h2,4-5,7-9,11-12,15,23-25H,1,3H2,(H,18,19)/t7-,8+,9-,11+,12+,15+/m0/s1. The van der Waals surface area contributed by atoms with Gasteiger partial charge in [0, 0.05) is 12.0 Å². The first-order chi connectivity index (χ1) is 13.5. The fourth-order valence-electron chi connectivity index (χ4n) is 3.90. The maximum absolute atomic E-state index is 13.1. The topological polar surface area (TPSA) is 161 Å². The molecule has 2 aromatic heterocycles. The largest absolute Gasteiger partial charge is 0.478 e. The molecular formula is C16H17N5O7. The van der Waals surface area contributed by atoms with E-state index in [0.29, 0.717) is 18.3 Å². The molecule has 0 radical (unpaired) electrons. The van der Waals surface area contributed by atoms with Crippen LogP contribution < -0.4 is 10.9 Å². The molecule has 3 aliphatic heterocycles. The molecule has 12 heteroatoms. The van der Waals surface area contributed by atoms with Crippen molar-refractivity contribution >= 4 is 23.4 Å². The number of hydrogen-bond acceptors (Lipinski definition) is 10. The van der Waals surface area contributed by atoms with E-state index in [4.69, 9.17) is 9.47 Å². The molecule has 0 aliphatic carbocycles. The molecule has 0 unspecified atom stereocenters. The van der Waals surface area contributed by atoms with Gasteiger partial charge in [-0.15, -0.1) is 0 Å². The van der Waals surface area contributed by atoms with Crippen molar-refractivity contribution in [3.05, 3.63) is 28.5 Å². The molecule has 5 heterocycles. The van der Waals surface area contributed by atoms with E-state index in [2.05, 4.69) is 15.3 Å². The number of allylic oxidation sites excluding steroid dienone is 1. The van der Waals surface area contributed by atoms with Crippen molar-refractivity contribution in [1.29, 1.82) is 0 Å². The lowest BCUT2D eigenvalue weighted by Gasteiger charge is -2.36. The van der Waals surface area contributed by atoms with E-state index in [1.807, 2.05) is 0 Å². The van der Waals surface area contributed by atoms with Crippen molar-refractivity contribution in [1.82, 2.24) is 19.1 Å². The number of aromatic nitrogens is 4. The summed E-state index contributed by atoms with van der Waals surface area (Å²) in [5, 5.41) is 32.5. The Morgan fingerprint density at radius 2 is 2.18 bits per heavy atom. The SMILES string of the molecule is O=CC1=CO[C@H]2C[C@@H]1n1c(nc3c(ncn3[C@@H]3O[C@H](CO)[C@@H](O)[C@H]3O)c1=O)N2. The number of carbonyl (C=O) groups excluding carboxylic acids is 1.